The smallest absolute Gasteiger partial charge is 0.162 e. The molecule has 3 rings (SSSR count). The Hall–Kier alpha value is -1.13. The van der Waals surface area contributed by atoms with Gasteiger partial charge in [-0.25, -0.2) is 4.98 Å². The van der Waals surface area contributed by atoms with Crippen molar-refractivity contribution in [3.63, 3.8) is 0 Å². The average Bonchev–Trinajstić information content (AvgIpc) is 3.16. The number of hydrogen-bond donors (Lipinski definition) is 0. The lowest BCUT2D eigenvalue weighted by atomic mass is 10.1. The van der Waals surface area contributed by atoms with Crippen molar-refractivity contribution in [2.24, 2.45) is 0 Å². The summed E-state index contributed by atoms with van der Waals surface area (Å²) < 4.78 is 5.67. The number of aryl methyl sites for hydroxylation is 1. The van der Waals surface area contributed by atoms with E-state index in [1.165, 1.54) is 31.4 Å². The minimum absolute atomic E-state index is 0.573. The van der Waals surface area contributed by atoms with Crippen LogP contribution in [0.2, 0.25) is 0 Å². The Labute approximate surface area is 131 Å². The van der Waals surface area contributed by atoms with Gasteiger partial charge >= 0.3 is 0 Å². The fourth-order valence-electron chi connectivity index (χ4n) is 3.20. The normalized spacial score (nSPS) is 16.4. The molecule has 0 N–H and O–H groups in total. The minimum atomic E-state index is 0.573. The Morgan fingerprint density at radius 1 is 1.33 bits per heavy atom. The van der Waals surface area contributed by atoms with E-state index in [4.69, 9.17) is 9.40 Å². The molecule has 0 saturated heterocycles. The summed E-state index contributed by atoms with van der Waals surface area (Å²) in [5, 5.41) is 3.17. The van der Waals surface area contributed by atoms with E-state index >= 15 is 0 Å². The lowest BCUT2D eigenvalue weighted by Crippen LogP contribution is -2.38. The molecule has 1 aliphatic rings. The van der Waals surface area contributed by atoms with Crippen LogP contribution in [0.5, 0.6) is 0 Å². The van der Waals surface area contributed by atoms with Crippen molar-refractivity contribution in [1.29, 1.82) is 0 Å². The first kappa shape index (κ1) is 14.8. The number of thiazole rings is 1. The van der Waals surface area contributed by atoms with Crippen molar-refractivity contribution in [2.75, 3.05) is 0 Å². The zero-order valence-electron chi connectivity index (χ0n) is 13.1. The van der Waals surface area contributed by atoms with Gasteiger partial charge in [0.25, 0.3) is 0 Å². The molecule has 114 valence electrons. The van der Waals surface area contributed by atoms with E-state index in [1.807, 2.05) is 19.1 Å². The fourth-order valence-corrected chi connectivity index (χ4v) is 3.97. The summed E-state index contributed by atoms with van der Waals surface area (Å²) in [7, 11) is 0. The molecule has 0 unspecified atom stereocenters. The Bertz CT molecular complexity index is 581. The van der Waals surface area contributed by atoms with E-state index in [1.54, 1.807) is 11.3 Å². The molecule has 2 aromatic heterocycles. The summed E-state index contributed by atoms with van der Waals surface area (Å²) >= 11 is 1.68. The van der Waals surface area contributed by atoms with Crippen LogP contribution in [0.4, 0.5) is 0 Å². The standard InChI is InChI=1S/C17H24N2OS/c1-12(2)19(15-6-4-5-7-15)10-14-11-21-17(18-14)16-9-8-13(3)20-16/h8-9,11-12,15H,4-7,10H2,1-3H3. The van der Waals surface area contributed by atoms with Crippen molar-refractivity contribution in [1.82, 2.24) is 9.88 Å². The summed E-state index contributed by atoms with van der Waals surface area (Å²) in [6.45, 7) is 7.51. The predicted octanol–water partition coefficient (Wildman–Crippen LogP) is 4.86. The maximum absolute atomic E-state index is 5.67. The number of furan rings is 1. The van der Waals surface area contributed by atoms with Crippen LogP contribution >= 0.6 is 11.3 Å². The maximum atomic E-state index is 5.67. The molecule has 0 aromatic carbocycles. The molecule has 1 fully saturated rings. The van der Waals surface area contributed by atoms with Gasteiger partial charge in [0, 0.05) is 24.0 Å². The quantitative estimate of drug-likeness (QED) is 0.789. The van der Waals surface area contributed by atoms with Crippen LogP contribution in [-0.2, 0) is 6.54 Å². The second-order valence-corrected chi connectivity index (χ2v) is 7.12. The van der Waals surface area contributed by atoms with Crippen LogP contribution in [0.25, 0.3) is 10.8 Å². The number of aromatic nitrogens is 1. The molecule has 4 heteroatoms. The third-order valence-corrected chi connectivity index (χ3v) is 5.21. The first-order valence-electron chi connectivity index (χ1n) is 7.90. The van der Waals surface area contributed by atoms with Crippen molar-refractivity contribution in [3.05, 3.63) is 29.0 Å². The largest absolute Gasteiger partial charge is 0.459 e. The summed E-state index contributed by atoms with van der Waals surface area (Å²) in [6, 6.07) is 5.31. The van der Waals surface area contributed by atoms with E-state index < -0.39 is 0 Å². The molecule has 21 heavy (non-hydrogen) atoms. The van der Waals surface area contributed by atoms with Crippen LogP contribution in [-0.4, -0.2) is 22.0 Å². The molecule has 0 radical (unpaired) electrons. The zero-order chi connectivity index (χ0) is 14.8. The summed E-state index contributed by atoms with van der Waals surface area (Å²) in [4.78, 5) is 7.38. The van der Waals surface area contributed by atoms with Gasteiger partial charge in [0.2, 0.25) is 0 Å². The SMILES string of the molecule is Cc1ccc(-c2nc(CN(C(C)C)C3CCCC3)cs2)o1. The van der Waals surface area contributed by atoms with Crippen LogP contribution in [0.3, 0.4) is 0 Å². The van der Waals surface area contributed by atoms with E-state index in [-0.39, 0.29) is 0 Å². The molecule has 1 aliphatic carbocycles. The molecule has 1 saturated carbocycles. The lowest BCUT2D eigenvalue weighted by molar-refractivity contribution is 0.144. The Kier molecular flexibility index (Phi) is 4.45. The monoisotopic (exact) mass is 304 g/mol. The van der Waals surface area contributed by atoms with E-state index in [2.05, 4.69) is 24.1 Å². The number of nitrogens with zero attached hydrogens (tertiary/aromatic N) is 2. The van der Waals surface area contributed by atoms with Gasteiger partial charge in [-0.3, -0.25) is 4.90 Å². The predicted molar refractivity (Wildman–Crippen MR) is 87.5 cm³/mol. The lowest BCUT2D eigenvalue weighted by Gasteiger charge is -2.31. The van der Waals surface area contributed by atoms with Crippen molar-refractivity contribution < 1.29 is 4.42 Å². The highest BCUT2D eigenvalue weighted by atomic mass is 32.1. The molecule has 0 bridgehead atoms. The van der Waals surface area contributed by atoms with Gasteiger partial charge in [-0.2, -0.15) is 0 Å². The molecule has 0 aliphatic heterocycles. The first-order chi connectivity index (χ1) is 10.1. The van der Waals surface area contributed by atoms with Gasteiger partial charge in [0.1, 0.15) is 5.76 Å². The molecule has 0 spiro atoms. The Balaban J connectivity index is 1.73. The fraction of sp³-hybridized carbons (Fsp3) is 0.588. The molecule has 0 atom stereocenters. The van der Waals surface area contributed by atoms with Crippen molar-refractivity contribution in [3.8, 4) is 10.8 Å². The molecular weight excluding hydrogens is 280 g/mol. The highest BCUT2D eigenvalue weighted by molar-refractivity contribution is 7.13. The molecule has 0 amide bonds. The van der Waals surface area contributed by atoms with Crippen LogP contribution < -0.4 is 0 Å². The Morgan fingerprint density at radius 3 is 2.71 bits per heavy atom. The van der Waals surface area contributed by atoms with Gasteiger partial charge < -0.3 is 4.42 Å². The molecular formula is C17H24N2OS. The summed E-state index contributed by atoms with van der Waals surface area (Å²) in [5.41, 5.74) is 1.17. The average molecular weight is 304 g/mol. The Morgan fingerprint density at radius 2 is 2.10 bits per heavy atom. The highest BCUT2D eigenvalue weighted by Crippen LogP contribution is 2.29. The first-order valence-corrected chi connectivity index (χ1v) is 8.78. The third kappa shape index (κ3) is 3.38. The van der Waals surface area contributed by atoms with Gasteiger partial charge in [-0.05, 0) is 45.7 Å². The van der Waals surface area contributed by atoms with Gasteiger partial charge in [-0.15, -0.1) is 11.3 Å². The van der Waals surface area contributed by atoms with Gasteiger partial charge in [-0.1, -0.05) is 12.8 Å². The molecule has 2 heterocycles. The number of hydrogen-bond acceptors (Lipinski definition) is 4. The van der Waals surface area contributed by atoms with Crippen LogP contribution in [0.15, 0.2) is 21.9 Å². The van der Waals surface area contributed by atoms with Crippen LogP contribution in [0, 0.1) is 6.92 Å². The second-order valence-electron chi connectivity index (χ2n) is 6.26. The molecule has 2 aromatic rings. The topological polar surface area (TPSA) is 29.3 Å². The van der Waals surface area contributed by atoms with E-state index in [0.717, 1.165) is 29.1 Å². The van der Waals surface area contributed by atoms with Gasteiger partial charge in [0.15, 0.2) is 10.8 Å². The van der Waals surface area contributed by atoms with Crippen molar-refractivity contribution in [2.45, 2.75) is 65.1 Å². The van der Waals surface area contributed by atoms with E-state index in [0.29, 0.717) is 6.04 Å². The van der Waals surface area contributed by atoms with Crippen LogP contribution in [0.1, 0.15) is 51.0 Å². The summed E-state index contributed by atoms with van der Waals surface area (Å²) in [6.07, 6.45) is 5.43. The van der Waals surface area contributed by atoms with Gasteiger partial charge in [0.05, 0.1) is 5.69 Å². The van der Waals surface area contributed by atoms with E-state index in [9.17, 15) is 0 Å². The summed E-state index contributed by atoms with van der Waals surface area (Å²) in [5.74, 6) is 1.83. The third-order valence-electron chi connectivity index (χ3n) is 4.30. The van der Waals surface area contributed by atoms with Crippen molar-refractivity contribution >= 4 is 11.3 Å². The zero-order valence-corrected chi connectivity index (χ0v) is 13.9. The number of rotatable bonds is 5. The maximum Gasteiger partial charge on any atom is 0.162 e. The second kappa shape index (κ2) is 6.32. The highest BCUT2D eigenvalue weighted by Gasteiger charge is 2.25. The minimum Gasteiger partial charge on any atom is -0.459 e. The molecule has 3 nitrogen and oxygen atoms in total.